The van der Waals surface area contributed by atoms with Gasteiger partial charge in [0.1, 0.15) is 5.54 Å². The number of rotatable bonds is 3. The first-order valence-corrected chi connectivity index (χ1v) is 6.92. The molecule has 0 radical (unpaired) electrons. The second kappa shape index (κ2) is 4.56. The fourth-order valence-electron chi connectivity index (χ4n) is 3.34. The van der Waals surface area contributed by atoms with E-state index in [-0.39, 0.29) is 11.9 Å². The van der Waals surface area contributed by atoms with Crippen molar-refractivity contribution < 1.29 is 14.7 Å². The van der Waals surface area contributed by atoms with Crippen molar-refractivity contribution in [1.82, 2.24) is 4.90 Å². The van der Waals surface area contributed by atoms with Crippen LogP contribution in [-0.2, 0) is 9.59 Å². The van der Waals surface area contributed by atoms with E-state index >= 15 is 0 Å². The molecule has 0 aliphatic heterocycles. The molecule has 2 fully saturated rings. The van der Waals surface area contributed by atoms with Gasteiger partial charge in [-0.05, 0) is 43.9 Å². The molecule has 2 saturated carbocycles. The molecule has 2 aliphatic carbocycles. The monoisotopic (exact) mass is 253 g/mol. The zero-order valence-electron chi connectivity index (χ0n) is 11.5. The summed E-state index contributed by atoms with van der Waals surface area (Å²) in [6, 6.07) is 0.166. The highest BCUT2D eigenvalue weighted by atomic mass is 16.4. The Morgan fingerprint density at radius 1 is 1.17 bits per heavy atom. The van der Waals surface area contributed by atoms with E-state index in [2.05, 4.69) is 13.8 Å². The van der Waals surface area contributed by atoms with E-state index in [9.17, 15) is 14.7 Å². The molecule has 1 amide bonds. The fraction of sp³-hybridized carbons (Fsp3) is 0.857. The second-order valence-electron chi connectivity index (χ2n) is 6.15. The lowest BCUT2D eigenvalue weighted by Gasteiger charge is -2.46. The van der Waals surface area contributed by atoms with Crippen LogP contribution in [0.3, 0.4) is 0 Å². The molecule has 2 rings (SSSR count). The topological polar surface area (TPSA) is 57.6 Å². The smallest absolute Gasteiger partial charge is 0.329 e. The van der Waals surface area contributed by atoms with Gasteiger partial charge >= 0.3 is 5.97 Å². The van der Waals surface area contributed by atoms with Crippen LogP contribution in [0.4, 0.5) is 0 Å². The number of carboxylic acid groups (broad SMARTS) is 1. The maximum absolute atomic E-state index is 11.9. The van der Waals surface area contributed by atoms with Gasteiger partial charge in [0.15, 0.2) is 0 Å². The van der Waals surface area contributed by atoms with Gasteiger partial charge in [-0.1, -0.05) is 13.8 Å². The molecule has 0 heterocycles. The Hall–Kier alpha value is -1.06. The van der Waals surface area contributed by atoms with E-state index in [1.165, 1.54) is 6.92 Å². The van der Waals surface area contributed by atoms with Gasteiger partial charge in [-0.15, -0.1) is 0 Å². The largest absolute Gasteiger partial charge is 0.479 e. The Morgan fingerprint density at radius 3 is 2.17 bits per heavy atom. The normalized spacial score (nSPS) is 36.2. The van der Waals surface area contributed by atoms with Gasteiger partial charge in [0.05, 0.1) is 0 Å². The minimum absolute atomic E-state index is 0.0818. The molecule has 2 aliphatic rings. The van der Waals surface area contributed by atoms with Crippen molar-refractivity contribution in [3.63, 3.8) is 0 Å². The molecule has 0 spiro atoms. The number of amides is 1. The molecule has 0 aromatic rings. The summed E-state index contributed by atoms with van der Waals surface area (Å²) >= 11 is 0. The van der Waals surface area contributed by atoms with Crippen LogP contribution < -0.4 is 0 Å². The highest BCUT2D eigenvalue weighted by molar-refractivity contribution is 5.86. The van der Waals surface area contributed by atoms with Crippen LogP contribution in [0.25, 0.3) is 0 Å². The summed E-state index contributed by atoms with van der Waals surface area (Å²) in [5.74, 6) is 0.00550. The summed E-state index contributed by atoms with van der Waals surface area (Å²) in [6.07, 6.45) is 4.00. The third-order valence-electron chi connectivity index (χ3n) is 4.75. The minimum Gasteiger partial charge on any atom is -0.479 e. The Morgan fingerprint density at radius 2 is 1.78 bits per heavy atom. The lowest BCUT2D eigenvalue weighted by Crippen LogP contribution is -2.60. The lowest BCUT2D eigenvalue weighted by molar-refractivity contribution is -0.164. The molecule has 0 saturated heterocycles. The number of nitrogens with zero attached hydrogens (tertiary/aromatic N) is 1. The highest BCUT2D eigenvalue weighted by Gasteiger charge is 2.53. The summed E-state index contributed by atoms with van der Waals surface area (Å²) < 4.78 is 0. The van der Waals surface area contributed by atoms with Crippen LogP contribution in [0.1, 0.15) is 52.9 Å². The van der Waals surface area contributed by atoms with E-state index in [0.29, 0.717) is 24.7 Å². The molecule has 3 unspecified atom stereocenters. The Balaban J connectivity index is 2.31. The fourth-order valence-corrected chi connectivity index (χ4v) is 3.34. The molecule has 4 heteroatoms. The Bertz CT molecular complexity index is 364. The van der Waals surface area contributed by atoms with E-state index in [0.717, 1.165) is 19.3 Å². The predicted octanol–water partition coefficient (Wildman–Crippen LogP) is 2.28. The van der Waals surface area contributed by atoms with Crippen LogP contribution in [0.15, 0.2) is 0 Å². The average Bonchev–Trinajstić information content (AvgIpc) is 3.07. The van der Waals surface area contributed by atoms with Gasteiger partial charge in [-0.2, -0.15) is 0 Å². The summed E-state index contributed by atoms with van der Waals surface area (Å²) in [6.45, 7) is 5.78. The quantitative estimate of drug-likeness (QED) is 0.839. The minimum atomic E-state index is -0.946. The van der Waals surface area contributed by atoms with Crippen LogP contribution >= 0.6 is 0 Å². The molecule has 18 heavy (non-hydrogen) atoms. The van der Waals surface area contributed by atoms with Crippen molar-refractivity contribution >= 4 is 11.9 Å². The molecule has 3 atom stereocenters. The molecule has 1 N–H and O–H groups in total. The molecular weight excluding hydrogens is 230 g/mol. The SMILES string of the molecule is CC(=O)N(C1CC1)C1(C(=O)O)CCC(C)C(C)C1. The second-order valence-corrected chi connectivity index (χ2v) is 6.15. The molecule has 0 aromatic heterocycles. The molecular formula is C14H23NO3. The maximum Gasteiger partial charge on any atom is 0.329 e. The molecule has 4 nitrogen and oxygen atoms in total. The summed E-state index contributed by atoms with van der Waals surface area (Å²) in [5, 5.41) is 9.69. The zero-order chi connectivity index (χ0) is 13.5. The molecule has 102 valence electrons. The Kier molecular flexibility index (Phi) is 3.39. The predicted molar refractivity (Wildman–Crippen MR) is 68.1 cm³/mol. The summed E-state index contributed by atoms with van der Waals surface area (Å²) in [4.78, 5) is 25.4. The summed E-state index contributed by atoms with van der Waals surface area (Å²) in [5.41, 5.74) is -0.946. The molecule has 0 bridgehead atoms. The zero-order valence-corrected chi connectivity index (χ0v) is 11.5. The van der Waals surface area contributed by atoms with E-state index < -0.39 is 11.5 Å². The number of hydrogen-bond donors (Lipinski definition) is 1. The van der Waals surface area contributed by atoms with E-state index in [4.69, 9.17) is 0 Å². The number of hydrogen-bond acceptors (Lipinski definition) is 2. The van der Waals surface area contributed by atoms with Gasteiger partial charge in [0.25, 0.3) is 0 Å². The van der Waals surface area contributed by atoms with E-state index in [1.54, 1.807) is 4.90 Å². The van der Waals surface area contributed by atoms with Gasteiger partial charge in [-0.25, -0.2) is 4.79 Å². The number of aliphatic carboxylic acids is 1. The van der Waals surface area contributed by atoms with Crippen LogP contribution in [-0.4, -0.2) is 33.5 Å². The van der Waals surface area contributed by atoms with Crippen molar-refractivity contribution in [3.05, 3.63) is 0 Å². The standard InChI is InChI=1S/C14H23NO3/c1-9-6-7-14(13(17)18,8-10(9)2)15(11(3)16)12-4-5-12/h9-10,12H,4-8H2,1-3H3,(H,17,18). The van der Waals surface area contributed by atoms with Crippen molar-refractivity contribution in [2.45, 2.75) is 64.5 Å². The van der Waals surface area contributed by atoms with Crippen LogP contribution in [0, 0.1) is 11.8 Å². The van der Waals surface area contributed by atoms with Crippen LogP contribution in [0.2, 0.25) is 0 Å². The van der Waals surface area contributed by atoms with Crippen molar-refractivity contribution in [2.75, 3.05) is 0 Å². The van der Waals surface area contributed by atoms with E-state index in [1.807, 2.05) is 0 Å². The summed E-state index contributed by atoms with van der Waals surface area (Å²) in [7, 11) is 0. The number of carbonyl (C=O) groups is 2. The number of carboxylic acids is 1. The van der Waals surface area contributed by atoms with Gasteiger partial charge in [0.2, 0.25) is 5.91 Å². The van der Waals surface area contributed by atoms with Crippen molar-refractivity contribution in [3.8, 4) is 0 Å². The first kappa shape index (κ1) is 13.4. The first-order chi connectivity index (χ1) is 8.38. The maximum atomic E-state index is 11.9. The average molecular weight is 253 g/mol. The van der Waals surface area contributed by atoms with Gasteiger partial charge < -0.3 is 10.0 Å². The van der Waals surface area contributed by atoms with Crippen molar-refractivity contribution in [2.24, 2.45) is 11.8 Å². The third-order valence-corrected chi connectivity index (χ3v) is 4.75. The molecule has 0 aromatic carbocycles. The Labute approximate surface area is 108 Å². The third kappa shape index (κ3) is 2.13. The van der Waals surface area contributed by atoms with Crippen LogP contribution in [0.5, 0.6) is 0 Å². The van der Waals surface area contributed by atoms with Gasteiger partial charge in [-0.3, -0.25) is 4.79 Å². The first-order valence-electron chi connectivity index (χ1n) is 6.92. The van der Waals surface area contributed by atoms with Crippen molar-refractivity contribution in [1.29, 1.82) is 0 Å². The lowest BCUT2D eigenvalue weighted by atomic mass is 9.70. The van der Waals surface area contributed by atoms with Gasteiger partial charge in [0, 0.05) is 13.0 Å². The highest BCUT2D eigenvalue weighted by Crippen LogP contribution is 2.44. The number of carbonyl (C=O) groups excluding carboxylic acids is 1.